The standard InChI is InChI=1S/C10H18N2O2/c1-7-2-3-9(14-7)10(12-11)8-4-5-13-6-8/h6-7,9-10,12H,2-5,11H2,1H3. The van der Waals surface area contributed by atoms with E-state index in [0.717, 1.165) is 25.9 Å². The molecule has 0 aromatic rings. The summed E-state index contributed by atoms with van der Waals surface area (Å²) in [5.41, 5.74) is 4.06. The number of hydrogen-bond donors (Lipinski definition) is 2. The molecule has 3 atom stereocenters. The Labute approximate surface area is 84.4 Å². The highest BCUT2D eigenvalue weighted by atomic mass is 16.5. The monoisotopic (exact) mass is 198 g/mol. The number of nitrogens with two attached hydrogens (primary N) is 1. The highest BCUT2D eigenvalue weighted by molar-refractivity contribution is 5.14. The first-order valence-corrected chi connectivity index (χ1v) is 5.23. The third-order valence-electron chi connectivity index (χ3n) is 2.96. The van der Waals surface area contributed by atoms with Gasteiger partial charge in [-0.3, -0.25) is 11.3 Å². The van der Waals surface area contributed by atoms with Crippen molar-refractivity contribution in [2.24, 2.45) is 5.84 Å². The van der Waals surface area contributed by atoms with Crippen LogP contribution in [0.1, 0.15) is 26.2 Å². The van der Waals surface area contributed by atoms with Gasteiger partial charge in [-0.1, -0.05) is 0 Å². The van der Waals surface area contributed by atoms with E-state index in [-0.39, 0.29) is 12.1 Å². The van der Waals surface area contributed by atoms with Gasteiger partial charge < -0.3 is 9.47 Å². The lowest BCUT2D eigenvalue weighted by Crippen LogP contribution is -2.45. The van der Waals surface area contributed by atoms with E-state index in [1.54, 1.807) is 0 Å². The lowest BCUT2D eigenvalue weighted by molar-refractivity contribution is 0.0392. The number of nitrogens with one attached hydrogen (secondary N) is 1. The second kappa shape index (κ2) is 4.29. The van der Waals surface area contributed by atoms with Crippen LogP contribution in [-0.2, 0) is 9.47 Å². The molecule has 1 saturated heterocycles. The summed E-state index contributed by atoms with van der Waals surface area (Å²) in [6.07, 6.45) is 5.55. The van der Waals surface area contributed by atoms with Crippen molar-refractivity contribution in [1.29, 1.82) is 0 Å². The van der Waals surface area contributed by atoms with E-state index in [1.807, 2.05) is 6.26 Å². The van der Waals surface area contributed by atoms with Gasteiger partial charge in [-0.05, 0) is 25.3 Å². The molecule has 0 aliphatic carbocycles. The molecule has 3 unspecified atom stereocenters. The Morgan fingerprint density at radius 2 is 2.43 bits per heavy atom. The van der Waals surface area contributed by atoms with Gasteiger partial charge in [-0.15, -0.1) is 0 Å². The Balaban J connectivity index is 1.98. The summed E-state index contributed by atoms with van der Waals surface area (Å²) in [4.78, 5) is 0. The van der Waals surface area contributed by atoms with E-state index in [9.17, 15) is 0 Å². The number of hydrogen-bond acceptors (Lipinski definition) is 4. The van der Waals surface area contributed by atoms with Gasteiger partial charge in [-0.25, -0.2) is 0 Å². The summed E-state index contributed by atoms with van der Waals surface area (Å²) in [5, 5.41) is 0. The Bertz CT molecular complexity index is 230. The summed E-state index contributed by atoms with van der Waals surface area (Å²) in [5.74, 6) is 5.55. The molecule has 0 amide bonds. The summed E-state index contributed by atoms with van der Waals surface area (Å²) >= 11 is 0. The van der Waals surface area contributed by atoms with Gasteiger partial charge in [0.05, 0.1) is 31.1 Å². The second-order valence-corrected chi connectivity index (χ2v) is 4.02. The predicted octanol–water partition coefficient (Wildman–Crippen LogP) is 0.690. The predicted molar refractivity (Wildman–Crippen MR) is 53.3 cm³/mol. The molecular weight excluding hydrogens is 180 g/mol. The highest BCUT2D eigenvalue weighted by Gasteiger charge is 2.32. The maximum absolute atomic E-state index is 5.79. The fourth-order valence-corrected chi connectivity index (χ4v) is 2.16. The molecule has 0 bridgehead atoms. The summed E-state index contributed by atoms with van der Waals surface area (Å²) in [6, 6.07) is 0.127. The zero-order valence-electron chi connectivity index (χ0n) is 8.53. The van der Waals surface area contributed by atoms with E-state index < -0.39 is 0 Å². The third-order valence-corrected chi connectivity index (χ3v) is 2.96. The summed E-state index contributed by atoms with van der Waals surface area (Å²) in [6.45, 7) is 2.88. The first kappa shape index (κ1) is 9.96. The van der Waals surface area contributed by atoms with Crippen LogP contribution in [-0.4, -0.2) is 24.9 Å². The second-order valence-electron chi connectivity index (χ2n) is 4.02. The third kappa shape index (κ3) is 1.92. The van der Waals surface area contributed by atoms with Crippen LogP contribution in [0.25, 0.3) is 0 Å². The Morgan fingerprint density at radius 1 is 1.57 bits per heavy atom. The van der Waals surface area contributed by atoms with E-state index in [0.29, 0.717) is 6.10 Å². The smallest absolute Gasteiger partial charge is 0.0912 e. The van der Waals surface area contributed by atoms with Crippen LogP contribution in [0.4, 0.5) is 0 Å². The van der Waals surface area contributed by atoms with Crippen molar-refractivity contribution in [3.8, 4) is 0 Å². The fraction of sp³-hybridized carbons (Fsp3) is 0.800. The van der Waals surface area contributed by atoms with Gasteiger partial charge >= 0.3 is 0 Å². The van der Waals surface area contributed by atoms with Crippen LogP contribution in [0.15, 0.2) is 11.8 Å². The number of rotatable bonds is 3. The van der Waals surface area contributed by atoms with Gasteiger partial charge in [0, 0.05) is 6.42 Å². The van der Waals surface area contributed by atoms with Crippen LogP contribution < -0.4 is 11.3 Å². The fourth-order valence-electron chi connectivity index (χ4n) is 2.16. The summed E-state index contributed by atoms with van der Waals surface area (Å²) in [7, 11) is 0. The van der Waals surface area contributed by atoms with Crippen molar-refractivity contribution in [1.82, 2.24) is 5.43 Å². The Hall–Kier alpha value is -0.580. The van der Waals surface area contributed by atoms with Crippen LogP contribution >= 0.6 is 0 Å². The molecule has 0 saturated carbocycles. The minimum absolute atomic E-state index is 0.127. The van der Waals surface area contributed by atoms with Gasteiger partial charge in [0.25, 0.3) is 0 Å². The van der Waals surface area contributed by atoms with Crippen LogP contribution in [0.3, 0.4) is 0 Å². The van der Waals surface area contributed by atoms with Crippen molar-refractivity contribution in [3.63, 3.8) is 0 Å². The summed E-state index contributed by atoms with van der Waals surface area (Å²) < 4.78 is 11.0. The molecule has 2 aliphatic heterocycles. The maximum Gasteiger partial charge on any atom is 0.0912 e. The highest BCUT2D eigenvalue weighted by Crippen LogP contribution is 2.27. The van der Waals surface area contributed by atoms with Crippen LogP contribution in [0.5, 0.6) is 0 Å². The van der Waals surface area contributed by atoms with Crippen LogP contribution in [0, 0.1) is 0 Å². The normalized spacial score (nSPS) is 34.0. The van der Waals surface area contributed by atoms with Crippen molar-refractivity contribution in [2.45, 2.75) is 44.4 Å². The van der Waals surface area contributed by atoms with Crippen LogP contribution in [0.2, 0.25) is 0 Å². The van der Waals surface area contributed by atoms with Gasteiger partial charge in [-0.2, -0.15) is 0 Å². The topological polar surface area (TPSA) is 56.5 Å². The quantitative estimate of drug-likeness (QED) is 0.517. The number of hydrazine groups is 1. The molecule has 14 heavy (non-hydrogen) atoms. The van der Waals surface area contributed by atoms with Crippen molar-refractivity contribution in [2.75, 3.05) is 6.61 Å². The van der Waals surface area contributed by atoms with Crippen molar-refractivity contribution < 1.29 is 9.47 Å². The Kier molecular flexibility index (Phi) is 3.05. The molecule has 1 fully saturated rings. The minimum Gasteiger partial charge on any atom is -0.501 e. The van der Waals surface area contributed by atoms with Crippen molar-refractivity contribution >= 4 is 0 Å². The molecule has 2 rings (SSSR count). The molecular formula is C10H18N2O2. The molecule has 3 N–H and O–H groups in total. The van der Waals surface area contributed by atoms with Gasteiger partial charge in [0.1, 0.15) is 0 Å². The number of ether oxygens (including phenoxy) is 2. The SMILES string of the molecule is CC1CCC(C(NN)C2=COCC2)O1. The van der Waals surface area contributed by atoms with E-state index >= 15 is 0 Å². The van der Waals surface area contributed by atoms with E-state index in [2.05, 4.69) is 12.3 Å². The first-order valence-electron chi connectivity index (χ1n) is 5.23. The molecule has 4 heteroatoms. The maximum atomic E-state index is 5.79. The van der Waals surface area contributed by atoms with Gasteiger partial charge in [0.2, 0.25) is 0 Å². The molecule has 2 heterocycles. The molecule has 0 aromatic carbocycles. The molecule has 0 radical (unpaired) electrons. The largest absolute Gasteiger partial charge is 0.501 e. The molecule has 80 valence electrons. The van der Waals surface area contributed by atoms with E-state index in [1.165, 1.54) is 5.57 Å². The van der Waals surface area contributed by atoms with E-state index in [4.69, 9.17) is 15.3 Å². The molecule has 0 aromatic heterocycles. The molecule has 2 aliphatic rings. The van der Waals surface area contributed by atoms with Gasteiger partial charge in [0.15, 0.2) is 0 Å². The average molecular weight is 198 g/mol. The Morgan fingerprint density at radius 3 is 2.93 bits per heavy atom. The minimum atomic E-state index is 0.127. The average Bonchev–Trinajstić information content (AvgIpc) is 2.79. The zero-order chi connectivity index (χ0) is 9.97. The molecule has 0 spiro atoms. The molecule has 4 nitrogen and oxygen atoms in total. The first-order chi connectivity index (χ1) is 6.81. The zero-order valence-corrected chi connectivity index (χ0v) is 8.53. The lowest BCUT2D eigenvalue weighted by atomic mass is 9.99. The lowest BCUT2D eigenvalue weighted by Gasteiger charge is -2.23. The van der Waals surface area contributed by atoms with Crippen molar-refractivity contribution in [3.05, 3.63) is 11.8 Å².